The number of nitrogens with one attached hydrogen (secondary N) is 1. The number of nitrogens with zero attached hydrogens (tertiary/aromatic N) is 6. The summed E-state index contributed by atoms with van der Waals surface area (Å²) in [5.41, 5.74) is 13.6. The van der Waals surface area contributed by atoms with Crippen molar-refractivity contribution >= 4 is 28.5 Å². The Bertz CT molecular complexity index is 1260. The quantitative estimate of drug-likeness (QED) is 0.461. The van der Waals surface area contributed by atoms with Crippen LogP contribution in [0, 0.1) is 17.1 Å². The van der Waals surface area contributed by atoms with Crippen LogP contribution in [-0.4, -0.2) is 24.7 Å². The van der Waals surface area contributed by atoms with Gasteiger partial charge in [-0.1, -0.05) is 6.92 Å². The summed E-state index contributed by atoms with van der Waals surface area (Å²) in [6.07, 6.45) is 3.90. The fraction of sp³-hybridized carbons (Fsp3) is 0.150. The zero-order valence-electron chi connectivity index (χ0n) is 16.0. The van der Waals surface area contributed by atoms with Crippen LogP contribution in [0.3, 0.4) is 0 Å². The number of anilines is 3. The SMILES string of the molecule is CCC(Nc1nc(N)nc(N)c1C#N)c1nn(-c2cccnc2)c2cc(F)ccc12. The molecule has 0 spiro atoms. The maximum absolute atomic E-state index is 14.0. The first-order valence-corrected chi connectivity index (χ1v) is 9.20. The van der Waals surface area contributed by atoms with Crippen LogP contribution in [-0.2, 0) is 0 Å². The topological polar surface area (TPSA) is 144 Å². The largest absolute Gasteiger partial charge is 0.382 e. The molecule has 0 bridgehead atoms. The maximum Gasteiger partial charge on any atom is 0.224 e. The molecule has 1 aromatic carbocycles. The minimum atomic E-state index is -0.372. The van der Waals surface area contributed by atoms with E-state index in [0.29, 0.717) is 23.3 Å². The monoisotopic (exact) mass is 403 g/mol. The summed E-state index contributed by atoms with van der Waals surface area (Å²) < 4.78 is 15.6. The summed E-state index contributed by atoms with van der Waals surface area (Å²) in [5, 5.41) is 18.1. The fourth-order valence-electron chi connectivity index (χ4n) is 3.28. The van der Waals surface area contributed by atoms with Gasteiger partial charge in [0, 0.05) is 17.6 Å². The number of nitrogen functional groups attached to an aromatic ring is 2. The average molecular weight is 403 g/mol. The van der Waals surface area contributed by atoms with Crippen molar-refractivity contribution < 1.29 is 4.39 Å². The van der Waals surface area contributed by atoms with Gasteiger partial charge in [0.2, 0.25) is 5.95 Å². The summed E-state index contributed by atoms with van der Waals surface area (Å²) in [7, 11) is 0. The van der Waals surface area contributed by atoms with Crippen molar-refractivity contribution in [3.8, 4) is 11.8 Å². The molecule has 9 nitrogen and oxygen atoms in total. The van der Waals surface area contributed by atoms with Gasteiger partial charge in [0.1, 0.15) is 23.3 Å². The lowest BCUT2D eigenvalue weighted by Crippen LogP contribution is -2.15. The van der Waals surface area contributed by atoms with Crippen molar-refractivity contribution in [2.45, 2.75) is 19.4 Å². The molecule has 0 amide bonds. The Labute approximate surface area is 171 Å². The van der Waals surface area contributed by atoms with Crippen LogP contribution in [0.25, 0.3) is 16.6 Å². The van der Waals surface area contributed by atoms with Gasteiger partial charge in [-0.05, 0) is 30.7 Å². The Balaban J connectivity index is 1.85. The highest BCUT2D eigenvalue weighted by Crippen LogP contribution is 2.31. The molecule has 0 fully saturated rings. The number of nitrogens with two attached hydrogens (primary N) is 2. The highest BCUT2D eigenvalue weighted by atomic mass is 19.1. The summed E-state index contributed by atoms with van der Waals surface area (Å²) in [6, 6.07) is 9.75. The molecular weight excluding hydrogens is 385 g/mol. The number of halogens is 1. The molecule has 0 aliphatic heterocycles. The lowest BCUT2D eigenvalue weighted by molar-refractivity contribution is 0.629. The second-order valence-electron chi connectivity index (χ2n) is 6.58. The van der Waals surface area contributed by atoms with Gasteiger partial charge in [-0.25, -0.2) is 9.07 Å². The van der Waals surface area contributed by atoms with Crippen molar-refractivity contribution in [3.63, 3.8) is 0 Å². The normalized spacial score (nSPS) is 11.9. The first-order chi connectivity index (χ1) is 14.5. The van der Waals surface area contributed by atoms with Crippen LogP contribution in [0.1, 0.15) is 30.6 Å². The van der Waals surface area contributed by atoms with Gasteiger partial charge in [-0.2, -0.15) is 20.3 Å². The number of nitriles is 1. The van der Waals surface area contributed by atoms with Crippen LogP contribution >= 0.6 is 0 Å². The smallest absolute Gasteiger partial charge is 0.224 e. The van der Waals surface area contributed by atoms with Crippen molar-refractivity contribution in [3.05, 3.63) is 59.8 Å². The van der Waals surface area contributed by atoms with E-state index in [2.05, 4.69) is 20.3 Å². The number of aromatic nitrogens is 5. The number of benzene rings is 1. The summed E-state index contributed by atoms with van der Waals surface area (Å²) in [6.45, 7) is 1.95. The summed E-state index contributed by atoms with van der Waals surface area (Å²) in [5.74, 6) is -0.199. The molecule has 5 N–H and O–H groups in total. The van der Waals surface area contributed by atoms with Crippen molar-refractivity contribution in [2.24, 2.45) is 0 Å². The third kappa shape index (κ3) is 3.33. The third-order valence-corrected chi connectivity index (χ3v) is 4.68. The molecule has 0 radical (unpaired) electrons. The number of fused-ring (bicyclic) bond motifs is 1. The molecule has 0 saturated carbocycles. The number of hydrogen-bond donors (Lipinski definition) is 3. The third-order valence-electron chi connectivity index (χ3n) is 4.68. The van der Waals surface area contributed by atoms with Gasteiger partial charge in [-0.3, -0.25) is 4.98 Å². The first-order valence-electron chi connectivity index (χ1n) is 9.20. The standard InChI is InChI=1S/C20H18FN9/c1-2-15(26-19-14(9-22)18(23)27-20(24)28-19)17-13-6-5-11(21)8-16(13)30(29-17)12-4-3-7-25-10-12/h3-8,10,15H,2H2,1H3,(H5,23,24,26,27,28). The van der Waals surface area contributed by atoms with Gasteiger partial charge >= 0.3 is 0 Å². The van der Waals surface area contributed by atoms with Gasteiger partial charge < -0.3 is 16.8 Å². The summed E-state index contributed by atoms with van der Waals surface area (Å²) >= 11 is 0. The van der Waals surface area contributed by atoms with Gasteiger partial charge in [0.05, 0.1) is 29.1 Å². The van der Waals surface area contributed by atoms with Crippen LogP contribution in [0.4, 0.5) is 22.0 Å². The molecule has 0 aliphatic carbocycles. The van der Waals surface area contributed by atoms with Crippen LogP contribution in [0.15, 0.2) is 42.7 Å². The molecular formula is C20H18FN9. The molecule has 1 atom stereocenters. The van der Waals surface area contributed by atoms with Gasteiger partial charge in [0.15, 0.2) is 5.82 Å². The Kier molecular flexibility index (Phi) is 4.85. The minimum Gasteiger partial charge on any atom is -0.382 e. The molecule has 0 aliphatic rings. The zero-order chi connectivity index (χ0) is 21.3. The number of hydrogen-bond acceptors (Lipinski definition) is 8. The van der Waals surface area contributed by atoms with E-state index in [1.54, 1.807) is 29.2 Å². The van der Waals surface area contributed by atoms with E-state index in [0.717, 1.165) is 5.39 Å². The van der Waals surface area contributed by atoms with Gasteiger partial charge in [-0.15, -0.1) is 0 Å². The van der Waals surface area contributed by atoms with Crippen LogP contribution in [0.2, 0.25) is 0 Å². The molecule has 10 heteroatoms. The lowest BCUT2D eigenvalue weighted by Gasteiger charge is -2.17. The molecule has 0 saturated heterocycles. The van der Waals surface area contributed by atoms with Crippen LogP contribution in [0.5, 0.6) is 0 Å². The molecule has 4 rings (SSSR count). The predicted octanol–water partition coefficient (Wildman–Crippen LogP) is 2.95. The number of pyridine rings is 1. The van der Waals surface area contributed by atoms with Crippen molar-refractivity contribution in [2.75, 3.05) is 16.8 Å². The molecule has 3 aromatic heterocycles. The van der Waals surface area contributed by atoms with E-state index >= 15 is 0 Å². The van der Waals surface area contributed by atoms with E-state index in [1.807, 2.05) is 19.1 Å². The Morgan fingerprint density at radius 1 is 1.27 bits per heavy atom. The van der Waals surface area contributed by atoms with Gasteiger partial charge in [0.25, 0.3) is 0 Å². The van der Waals surface area contributed by atoms with E-state index in [-0.39, 0.29) is 35.0 Å². The average Bonchev–Trinajstić information content (AvgIpc) is 3.10. The van der Waals surface area contributed by atoms with Crippen molar-refractivity contribution in [1.82, 2.24) is 24.7 Å². The minimum absolute atomic E-state index is 0.00447. The molecule has 150 valence electrons. The highest BCUT2D eigenvalue weighted by molar-refractivity contribution is 5.84. The second-order valence-corrected chi connectivity index (χ2v) is 6.58. The van der Waals surface area contributed by atoms with Crippen molar-refractivity contribution in [1.29, 1.82) is 5.26 Å². The van der Waals surface area contributed by atoms with Crippen LogP contribution < -0.4 is 16.8 Å². The highest BCUT2D eigenvalue weighted by Gasteiger charge is 2.22. The molecule has 1 unspecified atom stereocenters. The molecule has 4 aromatic rings. The lowest BCUT2D eigenvalue weighted by atomic mass is 10.1. The van der Waals surface area contributed by atoms with E-state index in [1.165, 1.54) is 12.1 Å². The zero-order valence-corrected chi connectivity index (χ0v) is 16.0. The first kappa shape index (κ1) is 19.1. The Hall–Kier alpha value is -4.26. The summed E-state index contributed by atoms with van der Waals surface area (Å²) in [4.78, 5) is 12.1. The molecule has 3 heterocycles. The Morgan fingerprint density at radius 2 is 2.10 bits per heavy atom. The van der Waals surface area contributed by atoms with E-state index in [9.17, 15) is 9.65 Å². The maximum atomic E-state index is 14.0. The molecule has 30 heavy (non-hydrogen) atoms. The van der Waals surface area contributed by atoms with E-state index in [4.69, 9.17) is 16.6 Å². The fourth-order valence-corrected chi connectivity index (χ4v) is 3.28. The predicted molar refractivity (Wildman–Crippen MR) is 111 cm³/mol. The Morgan fingerprint density at radius 3 is 2.80 bits per heavy atom. The number of rotatable bonds is 5. The van der Waals surface area contributed by atoms with E-state index < -0.39 is 0 Å². The second kappa shape index (κ2) is 7.63.